The van der Waals surface area contributed by atoms with Gasteiger partial charge in [0.1, 0.15) is 12.1 Å². The molecule has 0 unspecified atom stereocenters. The summed E-state index contributed by atoms with van der Waals surface area (Å²) in [6.45, 7) is 3.35. The molecule has 114 valence electrons. The van der Waals surface area contributed by atoms with Gasteiger partial charge in [-0.25, -0.2) is 4.79 Å². The maximum Gasteiger partial charge on any atom is 0.341 e. The Morgan fingerprint density at radius 3 is 2.32 bits per heavy atom. The minimum atomic E-state index is -1.31. The van der Waals surface area contributed by atoms with Crippen LogP contribution in [0.25, 0.3) is 0 Å². The van der Waals surface area contributed by atoms with Crippen LogP contribution in [0.4, 0.5) is 5.69 Å². The first-order valence-electron chi connectivity index (χ1n) is 6.69. The molecular weight excluding hydrogens is 284 g/mol. The highest BCUT2D eigenvalue weighted by Gasteiger charge is 2.14. The number of carbonyl (C=O) groups is 2. The first-order valence-corrected chi connectivity index (χ1v) is 6.69. The lowest BCUT2D eigenvalue weighted by atomic mass is 10.2. The van der Waals surface area contributed by atoms with Crippen LogP contribution in [0.15, 0.2) is 41.2 Å². The number of pyridine rings is 1. The quantitative estimate of drug-likeness (QED) is 0.901. The minimum Gasteiger partial charge on any atom is -0.477 e. The molecule has 0 bridgehead atoms. The summed E-state index contributed by atoms with van der Waals surface area (Å²) in [6, 6.07) is 9.99. The van der Waals surface area contributed by atoms with Gasteiger partial charge >= 0.3 is 5.97 Å². The van der Waals surface area contributed by atoms with Gasteiger partial charge < -0.3 is 15.0 Å². The van der Waals surface area contributed by atoms with Crippen molar-refractivity contribution in [1.29, 1.82) is 0 Å². The van der Waals surface area contributed by atoms with Gasteiger partial charge in [-0.15, -0.1) is 0 Å². The van der Waals surface area contributed by atoms with Crippen LogP contribution in [-0.2, 0) is 11.3 Å². The Labute approximate surface area is 127 Å². The van der Waals surface area contributed by atoms with E-state index in [4.69, 9.17) is 5.11 Å². The SMILES string of the molecule is Cc1ccc(NC(=O)Cn2c(C)ccc(C(=O)O)c2=O)cc1. The standard InChI is InChI=1S/C16H16N2O4/c1-10-3-6-12(7-4-10)17-14(19)9-18-11(2)5-8-13(15(18)20)16(21)22/h3-8H,9H2,1-2H3,(H,17,19)(H,21,22). The van der Waals surface area contributed by atoms with Crippen molar-refractivity contribution in [1.82, 2.24) is 4.57 Å². The molecule has 0 saturated heterocycles. The van der Waals surface area contributed by atoms with Crippen molar-refractivity contribution in [2.24, 2.45) is 0 Å². The Bertz CT molecular complexity index is 776. The molecule has 2 N–H and O–H groups in total. The first kappa shape index (κ1) is 15.5. The summed E-state index contributed by atoms with van der Waals surface area (Å²) in [5, 5.41) is 11.6. The van der Waals surface area contributed by atoms with Crippen LogP contribution in [0.3, 0.4) is 0 Å². The molecule has 0 aliphatic carbocycles. The van der Waals surface area contributed by atoms with E-state index in [1.807, 2.05) is 19.1 Å². The predicted octanol–water partition coefficient (Wildman–Crippen LogP) is 1.80. The molecule has 0 fully saturated rings. The summed E-state index contributed by atoms with van der Waals surface area (Å²) in [4.78, 5) is 35.1. The fourth-order valence-electron chi connectivity index (χ4n) is 2.01. The summed E-state index contributed by atoms with van der Waals surface area (Å²) in [5.41, 5.74) is 1.17. The predicted molar refractivity (Wildman–Crippen MR) is 82.2 cm³/mol. The number of anilines is 1. The van der Waals surface area contributed by atoms with E-state index in [-0.39, 0.29) is 12.1 Å². The van der Waals surface area contributed by atoms with Crippen LogP contribution in [0.1, 0.15) is 21.6 Å². The van der Waals surface area contributed by atoms with Crippen molar-refractivity contribution in [2.75, 3.05) is 5.32 Å². The van der Waals surface area contributed by atoms with Crippen molar-refractivity contribution < 1.29 is 14.7 Å². The Kier molecular flexibility index (Phi) is 4.41. The number of hydrogen-bond donors (Lipinski definition) is 2. The number of benzene rings is 1. The molecule has 0 spiro atoms. The van der Waals surface area contributed by atoms with E-state index in [2.05, 4.69) is 5.32 Å². The molecule has 0 saturated carbocycles. The summed E-state index contributed by atoms with van der Waals surface area (Å²) >= 11 is 0. The van der Waals surface area contributed by atoms with Crippen LogP contribution in [0.2, 0.25) is 0 Å². The zero-order valence-electron chi connectivity index (χ0n) is 12.3. The second-order valence-electron chi connectivity index (χ2n) is 5.00. The molecule has 22 heavy (non-hydrogen) atoms. The monoisotopic (exact) mass is 300 g/mol. The van der Waals surface area contributed by atoms with Crippen molar-refractivity contribution in [3.63, 3.8) is 0 Å². The zero-order valence-corrected chi connectivity index (χ0v) is 12.3. The molecular formula is C16H16N2O4. The topological polar surface area (TPSA) is 88.4 Å². The van der Waals surface area contributed by atoms with Crippen molar-refractivity contribution in [3.8, 4) is 0 Å². The molecule has 6 heteroatoms. The largest absolute Gasteiger partial charge is 0.477 e. The lowest BCUT2D eigenvalue weighted by Crippen LogP contribution is -2.32. The number of nitrogens with one attached hydrogen (secondary N) is 1. The van der Waals surface area contributed by atoms with E-state index in [9.17, 15) is 14.4 Å². The van der Waals surface area contributed by atoms with Gasteiger partial charge in [0.15, 0.2) is 0 Å². The number of aromatic carboxylic acids is 1. The highest BCUT2D eigenvalue weighted by Crippen LogP contribution is 2.08. The summed E-state index contributed by atoms with van der Waals surface area (Å²) in [6.07, 6.45) is 0. The van der Waals surface area contributed by atoms with Crippen LogP contribution < -0.4 is 10.9 Å². The number of carboxylic acids is 1. The van der Waals surface area contributed by atoms with Crippen molar-refractivity contribution in [2.45, 2.75) is 20.4 Å². The van der Waals surface area contributed by atoms with Gasteiger partial charge in [0.2, 0.25) is 5.91 Å². The number of nitrogens with zero attached hydrogens (tertiary/aromatic N) is 1. The van der Waals surface area contributed by atoms with Gasteiger partial charge in [0.05, 0.1) is 0 Å². The van der Waals surface area contributed by atoms with E-state index >= 15 is 0 Å². The van der Waals surface area contributed by atoms with Gasteiger partial charge in [0.25, 0.3) is 5.56 Å². The third kappa shape index (κ3) is 3.41. The summed E-state index contributed by atoms with van der Waals surface area (Å²) < 4.78 is 1.15. The number of carbonyl (C=O) groups excluding carboxylic acids is 1. The highest BCUT2D eigenvalue weighted by molar-refractivity contribution is 5.91. The lowest BCUT2D eigenvalue weighted by Gasteiger charge is -2.11. The molecule has 1 amide bonds. The third-order valence-electron chi connectivity index (χ3n) is 3.26. The second-order valence-corrected chi connectivity index (χ2v) is 5.00. The average molecular weight is 300 g/mol. The maximum atomic E-state index is 12.1. The molecule has 1 heterocycles. The Balaban J connectivity index is 2.21. The number of aromatic nitrogens is 1. The van der Waals surface area contributed by atoms with E-state index in [0.29, 0.717) is 11.4 Å². The van der Waals surface area contributed by atoms with Crippen LogP contribution >= 0.6 is 0 Å². The number of aryl methyl sites for hydroxylation is 2. The van der Waals surface area contributed by atoms with Gasteiger partial charge in [-0.2, -0.15) is 0 Å². The third-order valence-corrected chi connectivity index (χ3v) is 3.26. The van der Waals surface area contributed by atoms with E-state index < -0.39 is 17.4 Å². The van der Waals surface area contributed by atoms with Crippen LogP contribution in [0.5, 0.6) is 0 Å². The van der Waals surface area contributed by atoms with Gasteiger partial charge in [-0.1, -0.05) is 17.7 Å². The fraction of sp³-hybridized carbons (Fsp3) is 0.188. The first-order chi connectivity index (χ1) is 10.4. The number of carboxylic acid groups (broad SMARTS) is 1. The molecule has 2 aromatic rings. The normalized spacial score (nSPS) is 10.3. The molecule has 0 aliphatic heterocycles. The van der Waals surface area contributed by atoms with E-state index in [0.717, 1.165) is 10.1 Å². The molecule has 6 nitrogen and oxygen atoms in total. The smallest absolute Gasteiger partial charge is 0.341 e. The molecule has 0 aliphatic rings. The van der Waals surface area contributed by atoms with E-state index in [1.54, 1.807) is 19.1 Å². The van der Waals surface area contributed by atoms with Crippen LogP contribution in [0, 0.1) is 13.8 Å². The number of hydrogen-bond acceptors (Lipinski definition) is 3. The molecule has 0 radical (unpaired) electrons. The fourth-order valence-corrected chi connectivity index (χ4v) is 2.01. The van der Waals surface area contributed by atoms with Crippen LogP contribution in [-0.4, -0.2) is 21.6 Å². The van der Waals surface area contributed by atoms with Gasteiger partial charge in [-0.05, 0) is 38.1 Å². The molecule has 1 aromatic carbocycles. The number of amides is 1. The Morgan fingerprint density at radius 2 is 1.73 bits per heavy atom. The summed E-state index contributed by atoms with van der Waals surface area (Å²) in [7, 11) is 0. The lowest BCUT2D eigenvalue weighted by molar-refractivity contribution is -0.116. The zero-order chi connectivity index (χ0) is 16.3. The van der Waals surface area contributed by atoms with Gasteiger partial charge in [-0.3, -0.25) is 9.59 Å². The molecule has 0 atom stereocenters. The Hall–Kier alpha value is -2.89. The summed E-state index contributed by atoms with van der Waals surface area (Å²) in [5.74, 6) is -1.70. The minimum absolute atomic E-state index is 0.236. The Morgan fingerprint density at radius 1 is 1.09 bits per heavy atom. The maximum absolute atomic E-state index is 12.1. The van der Waals surface area contributed by atoms with Crippen molar-refractivity contribution in [3.05, 3.63) is 63.6 Å². The number of rotatable bonds is 4. The molecule has 2 rings (SSSR count). The average Bonchev–Trinajstić information content (AvgIpc) is 2.45. The van der Waals surface area contributed by atoms with Crippen molar-refractivity contribution >= 4 is 17.6 Å². The van der Waals surface area contributed by atoms with Gasteiger partial charge in [0, 0.05) is 11.4 Å². The molecule has 1 aromatic heterocycles. The highest BCUT2D eigenvalue weighted by atomic mass is 16.4. The van der Waals surface area contributed by atoms with E-state index in [1.165, 1.54) is 12.1 Å². The second kappa shape index (κ2) is 6.26.